The second-order valence-electron chi connectivity index (χ2n) is 6.41. The molecule has 8 nitrogen and oxygen atoms in total. The minimum absolute atomic E-state index is 0.0235. The van der Waals surface area contributed by atoms with Gasteiger partial charge in [0.15, 0.2) is 11.7 Å². The number of nitrogens with one attached hydrogen (secondary N) is 3. The summed E-state index contributed by atoms with van der Waals surface area (Å²) in [4.78, 5) is 39.6. The molecule has 0 radical (unpaired) electrons. The van der Waals surface area contributed by atoms with E-state index in [4.69, 9.17) is 16.3 Å². The number of aryl methyl sites for hydroxylation is 1. The van der Waals surface area contributed by atoms with Crippen molar-refractivity contribution in [1.29, 1.82) is 0 Å². The summed E-state index contributed by atoms with van der Waals surface area (Å²) < 4.78 is 6.41. The third kappa shape index (κ3) is 4.12. The molecule has 1 aromatic heterocycles. The second kappa shape index (κ2) is 8.13. The van der Waals surface area contributed by atoms with Gasteiger partial charge in [0.05, 0.1) is 10.2 Å². The summed E-state index contributed by atoms with van der Waals surface area (Å²) in [6, 6.07) is 10.2. The first-order chi connectivity index (χ1) is 14.4. The van der Waals surface area contributed by atoms with Crippen LogP contribution < -0.4 is 20.9 Å². The highest BCUT2D eigenvalue weighted by atomic mass is 35.5. The van der Waals surface area contributed by atoms with Crippen LogP contribution in [0.5, 0.6) is 5.75 Å². The van der Waals surface area contributed by atoms with Gasteiger partial charge in [0.25, 0.3) is 17.7 Å². The van der Waals surface area contributed by atoms with Crippen molar-refractivity contribution in [2.75, 3.05) is 11.9 Å². The summed E-state index contributed by atoms with van der Waals surface area (Å²) in [5, 5.41) is 3.84. The zero-order chi connectivity index (χ0) is 21.3. The molecule has 1 saturated heterocycles. The Morgan fingerprint density at radius 1 is 1.17 bits per heavy atom. The number of amides is 3. The number of anilines is 1. The predicted octanol–water partition coefficient (Wildman–Crippen LogP) is 2.82. The Labute approximate surface area is 179 Å². The number of ether oxygens (including phenoxy) is 1. The number of hydrazine groups is 1. The molecule has 2 heterocycles. The predicted molar refractivity (Wildman–Crippen MR) is 114 cm³/mol. The van der Waals surface area contributed by atoms with E-state index in [2.05, 4.69) is 21.2 Å². The van der Waals surface area contributed by atoms with Crippen molar-refractivity contribution < 1.29 is 19.1 Å². The molecule has 30 heavy (non-hydrogen) atoms. The highest BCUT2D eigenvalue weighted by Gasteiger charge is 2.25. The minimum Gasteiger partial charge on any atom is -0.484 e. The molecule has 152 valence electrons. The smallest absolute Gasteiger partial charge is 0.275 e. The van der Waals surface area contributed by atoms with Gasteiger partial charge in [-0.05, 0) is 48.4 Å². The molecule has 10 heteroatoms. The highest BCUT2D eigenvalue weighted by molar-refractivity contribution is 7.22. The molecule has 0 aliphatic carbocycles. The van der Waals surface area contributed by atoms with Crippen molar-refractivity contribution in [1.82, 2.24) is 15.8 Å². The Bertz CT molecular complexity index is 1190. The van der Waals surface area contributed by atoms with Crippen LogP contribution in [0.4, 0.5) is 5.13 Å². The Morgan fingerprint density at radius 2 is 1.87 bits per heavy atom. The standard InChI is InChI=1S/C20H15ClN4O4S/c1-10-14(21)6-7-15-17(10)30-20(22-15)23-16(26)9-29-12-4-2-11(3-5-12)8-13-18(27)24-25-19(13)28/h2-8H,9H2,1H3,(H,24,27)(H,25,28)(H,22,23,26). The van der Waals surface area contributed by atoms with E-state index in [-0.39, 0.29) is 18.1 Å². The van der Waals surface area contributed by atoms with E-state index in [0.717, 1.165) is 15.8 Å². The van der Waals surface area contributed by atoms with E-state index < -0.39 is 11.8 Å². The Balaban J connectivity index is 1.36. The molecule has 1 aliphatic rings. The van der Waals surface area contributed by atoms with E-state index in [1.807, 2.05) is 13.0 Å². The highest BCUT2D eigenvalue weighted by Crippen LogP contribution is 2.32. The normalized spacial score (nSPS) is 13.2. The summed E-state index contributed by atoms with van der Waals surface area (Å²) >= 11 is 7.47. The lowest BCUT2D eigenvalue weighted by molar-refractivity contribution is -0.118. The quantitative estimate of drug-likeness (QED) is 0.416. The van der Waals surface area contributed by atoms with Gasteiger partial charge in [0, 0.05) is 5.02 Å². The Hall–Kier alpha value is -3.43. The fourth-order valence-electron chi connectivity index (χ4n) is 2.77. The number of aromatic nitrogens is 1. The van der Waals surface area contributed by atoms with Crippen LogP contribution >= 0.6 is 22.9 Å². The zero-order valence-corrected chi connectivity index (χ0v) is 17.2. The van der Waals surface area contributed by atoms with Crippen molar-refractivity contribution in [3.05, 3.63) is 58.1 Å². The molecule has 0 spiro atoms. The zero-order valence-electron chi connectivity index (χ0n) is 15.6. The summed E-state index contributed by atoms with van der Waals surface area (Å²) in [6.07, 6.45) is 1.47. The van der Waals surface area contributed by atoms with Gasteiger partial charge in [-0.1, -0.05) is 35.1 Å². The molecule has 2 aromatic carbocycles. The number of hydrogen-bond donors (Lipinski definition) is 3. The SMILES string of the molecule is Cc1c(Cl)ccc2nc(NC(=O)COc3ccc(C=C4C(=O)NNC4=O)cc3)sc12. The maximum Gasteiger partial charge on any atom is 0.275 e. The van der Waals surface area contributed by atoms with Crippen molar-refractivity contribution in [3.63, 3.8) is 0 Å². The first-order valence-corrected chi connectivity index (χ1v) is 10.0. The van der Waals surface area contributed by atoms with Crippen LogP contribution in [0.3, 0.4) is 0 Å². The maximum absolute atomic E-state index is 12.2. The van der Waals surface area contributed by atoms with Gasteiger partial charge in [0.2, 0.25) is 0 Å². The largest absolute Gasteiger partial charge is 0.484 e. The maximum atomic E-state index is 12.2. The molecule has 3 N–H and O–H groups in total. The molecule has 4 rings (SSSR count). The van der Waals surface area contributed by atoms with Crippen LogP contribution in [-0.2, 0) is 14.4 Å². The van der Waals surface area contributed by atoms with Gasteiger partial charge < -0.3 is 4.74 Å². The first kappa shape index (κ1) is 19.9. The van der Waals surface area contributed by atoms with E-state index in [9.17, 15) is 14.4 Å². The molecule has 3 aromatic rings. The third-order valence-electron chi connectivity index (χ3n) is 4.33. The monoisotopic (exact) mass is 442 g/mol. The number of fused-ring (bicyclic) bond motifs is 1. The number of benzene rings is 2. The van der Waals surface area contributed by atoms with Gasteiger partial charge in [-0.15, -0.1) is 0 Å². The van der Waals surface area contributed by atoms with Crippen molar-refractivity contribution in [3.8, 4) is 5.75 Å². The molecule has 1 aliphatic heterocycles. The Morgan fingerprint density at radius 3 is 2.57 bits per heavy atom. The third-order valence-corrected chi connectivity index (χ3v) is 5.84. The average molecular weight is 443 g/mol. The topological polar surface area (TPSA) is 109 Å². The molecule has 0 atom stereocenters. The van der Waals surface area contributed by atoms with E-state index in [0.29, 0.717) is 21.5 Å². The van der Waals surface area contributed by atoms with Crippen LogP contribution in [0.25, 0.3) is 16.3 Å². The second-order valence-corrected chi connectivity index (χ2v) is 7.82. The van der Waals surface area contributed by atoms with Gasteiger partial charge in [0.1, 0.15) is 11.3 Å². The lowest BCUT2D eigenvalue weighted by atomic mass is 10.1. The molecule has 3 amide bonds. The van der Waals surface area contributed by atoms with Gasteiger partial charge in [-0.2, -0.15) is 0 Å². The molecule has 1 fully saturated rings. The molecule has 0 saturated carbocycles. The van der Waals surface area contributed by atoms with E-state index in [1.165, 1.54) is 17.4 Å². The van der Waals surface area contributed by atoms with Gasteiger partial charge >= 0.3 is 0 Å². The summed E-state index contributed by atoms with van der Waals surface area (Å²) in [5.41, 5.74) is 6.83. The lowest BCUT2D eigenvalue weighted by Gasteiger charge is -2.06. The number of carbonyl (C=O) groups is 3. The lowest BCUT2D eigenvalue weighted by Crippen LogP contribution is -2.28. The first-order valence-electron chi connectivity index (χ1n) is 8.81. The fourth-order valence-corrected chi connectivity index (χ4v) is 3.96. The number of thiazole rings is 1. The average Bonchev–Trinajstić information content (AvgIpc) is 3.28. The summed E-state index contributed by atoms with van der Waals surface area (Å²) in [6.45, 7) is 1.71. The minimum atomic E-state index is -0.482. The van der Waals surface area contributed by atoms with E-state index >= 15 is 0 Å². The van der Waals surface area contributed by atoms with Crippen LogP contribution in [0.15, 0.2) is 42.0 Å². The molecule has 0 unspecified atom stereocenters. The number of nitrogens with zero attached hydrogens (tertiary/aromatic N) is 1. The van der Waals surface area contributed by atoms with Gasteiger partial charge in [-0.25, -0.2) is 4.98 Å². The number of rotatable bonds is 5. The number of halogens is 1. The van der Waals surface area contributed by atoms with Crippen LogP contribution in [-0.4, -0.2) is 29.3 Å². The molecule has 0 bridgehead atoms. The van der Waals surface area contributed by atoms with E-state index in [1.54, 1.807) is 30.3 Å². The summed E-state index contributed by atoms with van der Waals surface area (Å²) in [7, 11) is 0. The van der Waals surface area contributed by atoms with Crippen molar-refractivity contribution in [2.24, 2.45) is 0 Å². The van der Waals surface area contributed by atoms with Crippen LogP contribution in [0, 0.1) is 6.92 Å². The molecular formula is C20H15ClN4O4S. The number of carbonyl (C=O) groups excluding carboxylic acids is 3. The van der Waals surface area contributed by atoms with Crippen molar-refractivity contribution >= 4 is 62.1 Å². The van der Waals surface area contributed by atoms with Crippen LogP contribution in [0.1, 0.15) is 11.1 Å². The Kier molecular flexibility index (Phi) is 5.39. The number of hydrogen-bond acceptors (Lipinski definition) is 6. The fraction of sp³-hybridized carbons (Fsp3) is 0.100. The molecular weight excluding hydrogens is 428 g/mol. The van der Waals surface area contributed by atoms with Gasteiger partial charge in [-0.3, -0.25) is 30.6 Å². The summed E-state index contributed by atoms with van der Waals surface area (Å²) in [5.74, 6) is -0.837. The van der Waals surface area contributed by atoms with Crippen LogP contribution in [0.2, 0.25) is 5.02 Å². The van der Waals surface area contributed by atoms with Crippen molar-refractivity contribution in [2.45, 2.75) is 6.92 Å².